The van der Waals surface area contributed by atoms with Gasteiger partial charge in [0.15, 0.2) is 0 Å². The lowest BCUT2D eigenvalue weighted by Crippen LogP contribution is -2.25. The van der Waals surface area contributed by atoms with Gasteiger partial charge in [0, 0.05) is 23.9 Å². The molecule has 0 aliphatic carbocycles. The Morgan fingerprint density at radius 3 is 3.00 bits per heavy atom. The monoisotopic (exact) mass is 255 g/mol. The van der Waals surface area contributed by atoms with E-state index in [1.165, 1.54) is 12.1 Å². The van der Waals surface area contributed by atoms with Crippen molar-refractivity contribution < 1.29 is 9.18 Å². The first-order valence-electron chi connectivity index (χ1n) is 5.84. The molecule has 2 nitrogen and oxygen atoms in total. The van der Waals surface area contributed by atoms with Gasteiger partial charge >= 0.3 is 0 Å². The number of hydrogen-bond acceptors (Lipinski definition) is 2. The Kier molecular flexibility index (Phi) is 4.13. The summed E-state index contributed by atoms with van der Waals surface area (Å²) in [5.74, 6) is -0.221. The minimum Gasteiger partial charge on any atom is -0.314 e. The van der Waals surface area contributed by atoms with Crippen molar-refractivity contribution in [3.8, 4) is 0 Å². The zero-order chi connectivity index (χ0) is 12.3. The van der Waals surface area contributed by atoms with Crippen LogP contribution in [-0.2, 0) is 11.2 Å². The van der Waals surface area contributed by atoms with E-state index in [2.05, 4.69) is 5.32 Å². The summed E-state index contributed by atoms with van der Waals surface area (Å²) >= 11 is 5.88. The van der Waals surface area contributed by atoms with Gasteiger partial charge in [0.2, 0.25) is 0 Å². The molecule has 0 radical (unpaired) electrons. The van der Waals surface area contributed by atoms with E-state index >= 15 is 0 Å². The highest BCUT2D eigenvalue weighted by Gasteiger charge is 2.18. The third-order valence-corrected chi connectivity index (χ3v) is 3.39. The molecule has 0 aromatic heterocycles. The fourth-order valence-corrected chi connectivity index (χ4v) is 2.39. The molecule has 1 aliphatic rings. The highest BCUT2D eigenvalue weighted by atomic mass is 35.5. The Labute approximate surface area is 105 Å². The molecule has 0 saturated carbocycles. The van der Waals surface area contributed by atoms with Gasteiger partial charge in [-0.1, -0.05) is 17.7 Å². The quantitative estimate of drug-likeness (QED) is 0.896. The molecule has 1 aliphatic heterocycles. The molecule has 0 spiro atoms. The number of rotatable bonds is 4. The number of carbonyl (C=O) groups excluding carboxylic acids is 1. The van der Waals surface area contributed by atoms with Crippen molar-refractivity contribution in [3.05, 3.63) is 34.6 Å². The van der Waals surface area contributed by atoms with Crippen molar-refractivity contribution in [2.45, 2.75) is 31.7 Å². The first kappa shape index (κ1) is 12.5. The molecule has 92 valence electrons. The molecular weight excluding hydrogens is 241 g/mol. The average molecular weight is 256 g/mol. The van der Waals surface area contributed by atoms with Crippen LogP contribution >= 0.6 is 11.6 Å². The number of ketones is 1. The molecule has 1 saturated heterocycles. The molecule has 4 heteroatoms. The molecule has 0 bridgehead atoms. The van der Waals surface area contributed by atoms with Gasteiger partial charge in [-0.25, -0.2) is 4.39 Å². The Balaban J connectivity index is 1.93. The van der Waals surface area contributed by atoms with Crippen LogP contribution in [0, 0.1) is 5.82 Å². The van der Waals surface area contributed by atoms with E-state index < -0.39 is 0 Å². The molecule has 17 heavy (non-hydrogen) atoms. The van der Waals surface area contributed by atoms with E-state index in [0.717, 1.165) is 19.4 Å². The van der Waals surface area contributed by atoms with Crippen molar-refractivity contribution in [1.29, 1.82) is 0 Å². The lowest BCUT2D eigenvalue weighted by Gasteiger charge is -2.09. The van der Waals surface area contributed by atoms with Crippen LogP contribution in [-0.4, -0.2) is 18.4 Å². The summed E-state index contributed by atoms with van der Waals surface area (Å²) in [6.45, 7) is 0.995. The summed E-state index contributed by atoms with van der Waals surface area (Å²) in [6.07, 6.45) is 3.02. The van der Waals surface area contributed by atoms with E-state index in [4.69, 9.17) is 11.6 Å². The summed E-state index contributed by atoms with van der Waals surface area (Å²) in [5.41, 5.74) is 0.705. The molecule has 2 rings (SSSR count). The Hall–Kier alpha value is -0.930. The largest absolute Gasteiger partial charge is 0.314 e. The molecule has 1 atom stereocenters. The minimum atomic E-state index is -0.372. The summed E-state index contributed by atoms with van der Waals surface area (Å²) in [4.78, 5) is 11.8. The smallest absolute Gasteiger partial charge is 0.138 e. The summed E-state index contributed by atoms with van der Waals surface area (Å²) in [6, 6.07) is 4.47. The highest BCUT2D eigenvalue weighted by molar-refractivity contribution is 6.31. The predicted octanol–water partition coefficient (Wildman–Crippen LogP) is 2.73. The molecule has 1 aromatic rings. The Morgan fingerprint density at radius 2 is 2.35 bits per heavy atom. The van der Waals surface area contributed by atoms with Crippen LogP contribution in [0.3, 0.4) is 0 Å². The van der Waals surface area contributed by atoms with Gasteiger partial charge in [0.05, 0.1) is 0 Å². The second-order valence-corrected chi connectivity index (χ2v) is 4.86. The minimum absolute atomic E-state index is 0.151. The van der Waals surface area contributed by atoms with Gasteiger partial charge in [-0.3, -0.25) is 4.79 Å². The van der Waals surface area contributed by atoms with Crippen LogP contribution in [0.1, 0.15) is 24.8 Å². The lowest BCUT2D eigenvalue weighted by atomic mass is 10.0. The van der Waals surface area contributed by atoms with Crippen molar-refractivity contribution in [1.82, 2.24) is 5.32 Å². The average Bonchev–Trinajstić information content (AvgIpc) is 2.75. The normalized spacial score (nSPS) is 19.5. The summed E-state index contributed by atoms with van der Waals surface area (Å²) < 4.78 is 12.8. The molecule has 1 N–H and O–H groups in total. The summed E-state index contributed by atoms with van der Waals surface area (Å²) in [5, 5.41) is 3.61. The predicted molar refractivity (Wildman–Crippen MR) is 65.8 cm³/mol. The van der Waals surface area contributed by atoms with Gasteiger partial charge in [-0.05, 0) is 37.1 Å². The third-order valence-electron chi connectivity index (χ3n) is 3.04. The number of nitrogens with one attached hydrogen (secondary N) is 1. The molecular formula is C13H15ClFNO. The van der Waals surface area contributed by atoms with Crippen LogP contribution < -0.4 is 5.32 Å². The van der Waals surface area contributed by atoms with Gasteiger partial charge in [-0.15, -0.1) is 0 Å². The van der Waals surface area contributed by atoms with Crippen LogP contribution in [0.2, 0.25) is 5.02 Å². The number of halogens is 2. The van der Waals surface area contributed by atoms with Crippen LogP contribution in [0.15, 0.2) is 18.2 Å². The van der Waals surface area contributed by atoms with Crippen molar-refractivity contribution in [2.24, 2.45) is 0 Å². The van der Waals surface area contributed by atoms with Crippen molar-refractivity contribution >= 4 is 17.4 Å². The standard InChI is InChI=1S/C13H15ClFNO/c14-13-7-10(15)4-3-9(13)6-12(17)8-11-2-1-5-16-11/h3-4,7,11,16H,1-2,5-6,8H2. The molecule has 1 aromatic carbocycles. The number of Topliss-reactive ketones (excluding diaryl/α,β-unsaturated/α-hetero) is 1. The van der Waals surface area contributed by atoms with Gasteiger partial charge < -0.3 is 5.32 Å². The van der Waals surface area contributed by atoms with E-state index in [-0.39, 0.29) is 18.0 Å². The maximum absolute atomic E-state index is 12.8. The number of carbonyl (C=O) groups is 1. The fourth-order valence-electron chi connectivity index (χ4n) is 2.16. The Morgan fingerprint density at radius 1 is 1.53 bits per heavy atom. The SMILES string of the molecule is O=C(Cc1ccc(F)cc1Cl)CC1CCCN1. The van der Waals surface area contributed by atoms with Crippen molar-refractivity contribution in [2.75, 3.05) is 6.54 Å². The maximum Gasteiger partial charge on any atom is 0.138 e. The van der Waals surface area contributed by atoms with Gasteiger partial charge in [0.25, 0.3) is 0 Å². The van der Waals surface area contributed by atoms with Gasteiger partial charge in [0.1, 0.15) is 11.6 Å². The van der Waals surface area contributed by atoms with E-state index in [1.54, 1.807) is 6.07 Å². The molecule has 1 unspecified atom stereocenters. The second kappa shape index (κ2) is 5.61. The van der Waals surface area contributed by atoms with Crippen LogP contribution in [0.25, 0.3) is 0 Å². The van der Waals surface area contributed by atoms with E-state index in [9.17, 15) is 9.18 Å². The lowest BCUT2D eigenvalue weighted by molar-refractivity contribution is -0.118. The number of hydrogen-bond donors (Lipinski definition) is 1. The molecule has 1 heterocycles. The summed E-state index contributed by atoms with van der Waals surface area (Å²) in [7, 11) is 0. The van der Waals surface area contributed by atoms with E-state index in [0.29, 0.717) is 23.0 Å². The maximum atomic E-state index is 12.8. The number of benzene rings is 1. The molecule has 1 fully saturated rings. The fraction of sp³-hybridized carbons (Fsp3) is 0.462. The first-order valence-corrected chi connectivity index (χ1v) is 6.22. The van der Waals surface area contributed by atoms with E-state index in [1.807, 2.05) is 0 Å². The van der Waals surface area contributed by atoms with Gasteiger partial charge in [-0.2, -0.15) is 0 Å². The van der Waals surface area contributed by atoms with Crippen LogP contribution in [0.4, 0.5) is 4.39 Å². The van der Waals surface area contributed by atoms with Crippen LogP contribution in [0.5, 0.6) is 0 Å². The highest BCUT2D eigenvalue weighted by Crippen LogP contribution is 2.19. The van der Waals surface area contributed by atoms with Crippen molar-refractivity contribution in [3.63, 3.8) is 0 Å². The second-order valence-electron chi connectivity index (χ2n) is 4.45. The third kappa shape index (κ3) is 3.51. The Bertz CT molecular complexity index is 416. The topological polar surface area (TPSA) is 29.1 Å². The zero-order valence-electron chi connectivity index (χ0n) is 9.51. The zero-order valence-corrected chi connectivity index (χ0v) is 10.3. The first-order chi connectivity index (χ1) is 8.15. The molecule has 0 amide bonds.